The quantitative estimate of drug-likeness (QED) is 0.331. The van der Waals surface area contributed by atoms with Gasteiger partial charge in [0.2, 0.25) is 0 Å². The molecule has 11 heteroatoms. The number of fused-ring (bicyclic) bond motifs is 2. The first-order valence-corrected chi connectivity index (χ1v) is 12.0. The van der Waals surface area contributed by atoms with E-state index < -0.39 is 35.6 Å². The van der Waals surface area contributed by atoms with Crippen LogP contribution in [-0.2, 0) is 0 Å². The highest BCUT2D eigenvalue weighted by Gasteiger charge is 2.38. The smallest absolute Gasteiger partial charge is 0.335 e. The van der Waals surface area contributed by atoms with E-state index in [-0.39, 0.29) is 56.3 Å². The molecule has 4 aromatic carbocycles. The van der Waals surface area contributed by atoms with E-state index in [0.29, 0.717) is 0 Å². The summed E-state index contributed by atoms with van der Waals surface area (Å²) < 4.78 is 5.87. The molecule has 0 aromatic heterocycles. The molecule has 0 fully saturated rings. The van der Waals surface area contributed by atoms with E-state index in [1.807, 2.05) is 0 Å². The Balaban J connectivity index is 1.24. The van der Waals surface area contributed by atoms with E-state index in [1.165, 1.54) is 84.9 Å². The fraction of sp³-hybridized carbons (Fsp3) is 0. The predicted octanol–water partition coefficient (Wildman–Crippen LogP) is 4.48. The van der Waals surface area contributed by atoms with Gasteiger partial charge < -0.3 is 14.9 Å². The third-order valence-corrected chi connectivity index (χ3v) is 6.70. The lowest BCUT2D eigenvalue weighted by Crippen LogP contribution is -2.29. The molecule has 0 spiro atoms. The van der Waals surface area contributed by atoms with E-state index in [2.05, 4.69) is 0 Å². The van der Waals surface area contributed by atoms with Crippen molar-refractivity contribution < 1.29 is 43.7 Å². The van der Waals surface area contributed by atoms with Crippen molar-refractivity contribution in [1.29, 1.82) is 0 Å². The molecular formula is C30H16N2O9. The van der Waals surface area contributed by atoms with Gasteiger partial charge in [-0.15, -0.1) is 0 Å². The molecule has 0 saturated heterocycles. The Labute approximate surface area is 230 Å². The molecule has 4 aromatic rings. The molecule has 0 saturated carbocycles. The molecule has 0 bridgehead atoms. The first-order valence-electron chi connectivity index (χ1n) is 12.0. The van der Waals surface area contributed by atoms with Crippen LogP contribution >= 0.6 is 0 Å². The van der Waals surface area contributed by atoms with Gasteiger partial charge in [0, 0.05) is 0 Å². The highest BCUT2D eigenvalue weighted by Crippen LogP contribution is 2.35. The molecule has 11 nitrogen and oxygen atoms in total. The Bertz CT molecular complexity index is 1710. The number of aromatic carboxylic acids is 2. The highest BCUT2D eigenvalue weighted by atomic mass is 16.5. The number of carboxylic acids is 2. The molecule has 0 atom stereocenters. The van der Waals surface area contributed by atoms with Gasteiger partial charge in [-0.25, -0.2) is 19.4 Å². The van der Waals surface area contributed by atoms with Crippen LogP contribution in [0, 0.1) is 0 Å². The third-order valence-electron chi connectivity index (χ3n) is 6.70. The molecule has 6 rings (SSSR count). The van der Waals surface area contributed by atoms with Crippen molar-refractivity contribution >= 4 is 46.9 Å². The summed E-state index contributed by atoms with van der Waals surface area (Å²) in [5.74, 6) is -4.25. The van der Waals surface area contributed by atoms with Crippen molar-refractivity contribution in [3.8, 4) is 11.5 Å². The number of rotatable bonds is 6. The molecule has 2 aliphatic heterocycles. The molecule has 0 unspecified atom stereocenters. The highest BCUT2D eigenvalue weighted by molar-refractivity contribution is 6.35. The van der Waals surface area contributed by atoms with E-state index in [0.717, 1.165) is 9.80 Å². The summed E-state index contributed by atoms with van der Waals surface area (Å²) in [6.45, 7) is 0. The lowest BCUT2D eigenvalue weighted by atomic mass is 10.1. The molecule has 4 amide bonds. The number of carboxylic acid groups (broad SMARTS) is 2. The lowest BCUT2D eigenvalue weighted by molar-refractivity contribution is 0.0686. The Hall–Kier alpha value is -6.10. The zero-order valence-electron chi connectivity index (χ0n) is 20.7. The van der Waals surface area contributed by atoms with Crippen molar-refractivity contribution in [1.82, 2.24) is 0 Å². The van der Waals surface area contributed by atoms with Gasteiger partial charge in [0.15, 0.2) is 0 Å². The Morgan fingerprint density at radius 3 is 1.17 bits per heavy atom. The summed E-state index contributed by atoms with van der Waals surface area (Å²) in [6, 6.07) is 19.3. The minimum absolute atomic E-state index is 0.00906. The van der Waals surface area contributed by atoms with E-state index in [1.54, 1.807) is 0 Å². The van der Waals surface area contributed by atoms with Crippen molar-refractivity contribution in [2.45, 2.75) is 0 Å². The number of carbonyl (C=O) groups excluding carboxylic acids is 4. The summed E-state index contributed by atoms with van der Waals surface area (Å²) in [4.78, 5) is 76.2. The standard InChI is InChI=1S/C30H16N2O9/c33-25-21-11-9-19(13-23(21)27(35)31(25)17-5-1-15(2-6-17)29(37)38)41-20-10-12-22-24(14-20)28(36)32(26(22)34)18-7-3-16(4-8-18)30(39)40/h1-14H,(H,37,38)(H,39,40). The fourth-order valence-electron chi connectivity index (χ4n) is 4.68. The maximum absolute atomic E-state index is 13.1. The molecular weight excluding hydrogens is 532 g/mol. The molecule has 2 N–H and O–H groups in total. The number of hydrogen-bond acceptors (Lipinski definition) is 7. The van der Waals surface area contributed by atoms with E-state index in [4.69, 9.17) is 14.9 Å². The van der Waals surface area contributed by atoms with Crippen molar-refractivity contribution in [3.63, 3.8) is 0 Å². The number of carbonyl (C=O) groups is 6. The number of nitrogens with zero attached hydrogens (tertiary/aromatic N) is 2. The number of imide groups is 2. The van der Waals surface area contributed by atoms with Gasteiger partial charge >= 0.3 is 11.9 Å². The minimum Gasteiger partial charge on any atom is -0.478 e. The van der Waals surface area contributed by atoms with E-state index in [9.17, 15) is 28.8 Å². The largest absolute Gasteiger partial charge is 0.478 e. The van der Waals surface area contributed by atoms with Crippen LogP contribution in [0.2, 0.25) is 0 Å². The first-order chi connectivity index (χ1) is 19.6. The molecule has 0 aliphatic carbocycles. The number of anilines is 2. The topological polar surface area (TPSA) is 159 Å². The Morgan fingerprint density at radius 2 is 0.829 bits per heavy atom. The zero-order valence-corrected chi connectivity index (χ0v) is 20.7. The first kappa shape index (κ1) is 25.2. The Morgan fingerprint density at radius 1 is 0.488 bits per heavy atom. The van der Waals surface area contributed by atoms with Crippen LogP contribution in [0.4, 0.5) is 11.4 Å². The van der Waals surface area contributed by atoms with Gasteiger partial charge in [0.05, 0.1) is 44.8 Å². The van der Waals surface area contributed by atoms with Crippen LogP contribution in [0.25, 0.3) is 0 Å². The molecule has 200 valence electrons. The van der Waals surface area contributed by atoms with Gasteiger partial charge in [-0.1, -0.05) is 0 Å². The van der Waals surface area contributed by atoms with Crippen LogP contribution in [0.5, 0.6) is 11.5 Å². The number of amides is 4. The van der Waals surface area contributed by atoms with Crippen molar-refractivity contribution in [2.75, 3.05) is 9.80 Å². The third kappa shape index (κ3) is 4.08. The number of benzene rings is 4. The van der Waals surface area contributed by atoms with Crippen molar-refractivity contribution in [2.24, 2.45) is 0 Å². The number of ether oxygens (including phenoxy) is 1. The molecule has 2 aliphatic rings. The van der Waals surface area contributed by atoms with Crippen LogP contribution in [0.3, 0.4) is 0 Å². The van der Waals surface area contributed by atoms with Crippen LogP contribution in [0.1, 0.15) is 62.1 Å². The van der Waals surface area contributed by atoms with Crippen LogP contribution in [0.15, 0.2) is 84.9 Å². The maximum Gasteiger partial charge on any atom is 0.335 e. The average Bonchev–Trinajstić information content (AvgIpc) is 3.36. The normalized spacial score (nSPS) is 13.9. The SMILES string of the molecule is O=C(O)c1ccc(N2C(=O)c3ccc(Oc4ccc5c(c4)C(=O)N(c4ccc(C(=O)O)cc4)C5=O)cc3C2=O)cc1. The second kappa shape index (κ2) is 9.27. The molecule has 0 radical (unpaired) electrons. The Kier molecular flexibility index (Phi) is 5.70. The molecule has 41 heavy (non-hydrogen) atoms. The van der Waals surface area contributed by atoms with Crippen LogP contribution < -0.4 is 14.5 Å². The summed E-state index contributed by atoms with van der Waals surface area (Å²) in [5, 5.41) is 18.2. The van der Waals surface area contributed by atoms with E-state index >= 15 is 0 Å². The average molecular weight is 548 g/mol. The van der Waals surface area contributed by atoms with Gasteiger partial charge in [0.25, 0.3) is 23.6 Å². The van der Waals surface area contributed by atoms with Gasteiger partial charge in [0.1, 0.15) is 11.5 Å². The van der Waals surface area contributed by atoms with Crippen molar-refractivity contribution in [3.05, 3.63) is 118 Å². The molecule has 2 heterocycles. The monoisotopic (exact) mass is 548 g/mol. The van der Waals surface area contributed by atoms with Crippen LogP contribution in [-0.4, -0.2) is 45.8 Å². The summed E-state index contributed by atoms with van der Waals surface area (Å²) in [6.07, 6.45) is 0. The van der Waals surface area contributed by atoms with Gasteiger partial charge in [-0.05, 0) is 84.9 Å². The van der Waals surface area contributed by atoms with Gasteiger partial charge in [-0.2, -0.15) is 0 Å². The zero-order chi connectivity index (χ0) is 29.0. The summed E-state index contributed by atoms with van der Waals surface area (Å²) in [7, 11) is 0. The lowest BCUT2D eigenvalue weighted by Gasteiger charge is -2.13. The second-order valence-corrected chi connectivity index (χ2v) is 9.11. The fourth-order valence-corrected chi connectivity index (χ4v) is 4.68. The number of hydrogen-bond donors (Lipinski definition) is 2. The second-order valence-electron chi connectivity index (χ2n) is 9.11. The summed E-state index contributed by atoms with van der Waals surface area (Å²) >= 11 is 0. The predicted molar refractivity (Wildman–Crippen MR) is 142 cm³/mol. The summed E-state index contributed by atoms with van der Waals surface area (Å²) in [5.41, 5.74) is 0.897. The minimum atomic E-state index is -1.14. The van der Waals surface area contributed by atoms with Gasteiger partial charge in [-0.3, -0.25) is 19.2 Å². The maximum atomic E-state index is 13.1.